The maximum atomic E-state index is 14.9. The van der Waals surface area contributed by atoms with Gasteiger partial charge in [-0.05, 0) is 92.9 Å². The number of carbonyl (C=O) groups excluding carboxylic acids is 1. The van der Waals surface area contributed by atoms with Crippen molar-refractivity contribution in [3.8, 4) is 5.75 Å². The normalized spacial score (nSPS) is 17.8. The third-order valence-corrected chi connectivity index (χ3v) is 8.84. The van der Waals surface area contributed by atoms with E-state index >= 15 is 0 Å². The smallest absolute Gasteiger partial charge is 0.267 e. The van der Waals surface area contributed by atoms with Crippen molar-refractivity contribution >= 4 is 39.1 Å². The molecule has 1 saturated carbocycles. The Labute approximate surface area is 233 Å². The number of hydrogen-bond donors (Lipinski definition) is 1. The predicted molar refractivity (Wildman–Crippen MR) is 146 cm³/mol. The summed E-state index contributed by atoms with van der Waals surface area (Å²) >= 11 is 12.5. The second-order valence-corrected chi connectivity index (χ2v) is 12.8. The van der Waals surface area contributed by atoms with Gasteiger partial charge in [0, 0.05) is 23.2 Å². The summed E-state index contributed by atoms with van der Waals surface area (Å²) in [7, 11) is -2.12. The van der Waals surface area contributed by atoms with Gasteiger partial charge in [-0.1, -0.05) is 23.2 Å². The van der Waals surface area contributed by atoms with E-state index < -0.39 is 21.7 Å². The summed E-state index contributed by atoms with van der Waals surface area (Å²) in [6.07, 6.45) is 3.63. The second kappa shape index (κ2) is 12.5. The van der Waals surface area contributed by atoms with Crippen LogP contribution in [-0.2, 0) is 14.8 Å². The van der Waals surface area contributed by atoms with Crippen molar-refractivity contribution in [3.63, 3.8) is 0 Å². The van der Waals surface area contributed by atoms with Crippen LogP contribution in [0.5, 0.6) is 5.75 Å². The molecular weight excluding hydrogens is 554 g/mol. The molecule has 1 unspecified atom stereocenters. The molecule has 1 atom stereocenters. The van der Waals surface area contributed by atoms with E-state index in [1.54, 1.807) is 13.2 Å². The van der Waals surface area contributed by atoms with Crippen molar-refractivity contribution in [2.75, 3.05) is 39.2 Å². The van der Waals surface area contributed by atoms with Gasteiger partial charge in [-0.25, -0.2) is 17.5 Å². The van der Waals surface area contributed by atoms with E-state index in [1.165, 1.54) is 19.1 Å². The topological polar surface area (TPSA) is 84.9 Å². The minimum absolute atomic E-state index is 0.0313. The second-order valence-electron chi connectivity index (χ2n) is 9.94. The van der Waals surface area contributed by atoms with Crippen LogP contribution in [0.2, 0.25) is 10.0 Å². The Hall–Kier alpha value is -1.91. The number of rotatable bonds is 11. The van der Waals surface area contributed by atoms with Crippen LogP contribution in [0.1, 0.15) is 66.1 Å². The van der Waals surface area contributed by atoms with E-state index in [9.17, 15) is 17.6 Å². The van der Waals surface area contributed by atoms with Gasteiger partial charge in [0.15, 0.2) is 0 Å². The first-order valence-electron chi connectivity index (χ1n) is 12.8. The first-order valence-corrected chi connectivity index (χ1v) is 15.2. The monoisotopic (exact) mass is 586 g/mol. The largest absolute Gasteiger partial charge is 0.493 e. The SMILES string of the molecule is CCS(=O)(=O)NC(=O)c1cc(C2CC2)c(OCC2CCN(C(COC)c3cc(Cl)cc(Cl)c3)CC2)cc1F. The highest BCUT2D eigenvalue weighted by Gasteiger charge is 2.31. The molecule has 1 heterocycles. The van der Waals surface area contributed by atoms with Gasteiger partial charge in [0.05, 0.1) is 30.6 Å². The fourth-order valence-corrected chi connectivity index (χ4v) is 5.91. The number of amides is 1. The molecule has 208 valence electrons. The number of likely N-dealkylation sites (tertiary alicyclic amines) is 1. The fraction of sp³-hybridized carbons (Fsp3) is 0.519. The molecular formula is C27H33Cl2FN2O5S. The quantitative estimate of drug-likeness (QED) is 0.370. The zero-order valence-electron chi connectivity index (χ0n) is 21.5. The van der Waals surface area contributed by atoms with Gasteiger partial charge in [0.2, 0.25) is 10.0 Å². The van der Waals surface area contributed by atoms with Crippen molar-refractivity contribution in [2.24, 2.45) is 5.92 Å². The molecule has 4 rings (SSSR count). The molecule has 0 aromatic heterocycles. The van der Waals surface area contributed by atoms with Gasteiger partial charge in [-0.3, -0.25) is 9.69 Å². The molecule has 2 aliphatic rings. The zero-order chi connectivity index (χ0) is 27.4. The maximum absolute atomic E-state index is 14.9. The van der Waals surface area contributed by atoms with Crippen LogP contribution in [0, 0.1) is 11.7 Å². The van der Waals surface area contributed by atoms with E-state index in [0.717, 1.165) is 49.9 Å². The Balaban J connectivity index is 1.40. The molecule has 1 aliphatic heterocycles. The molecule has 38 heavy (non-hydrogen) atoms. The van der Waals surface area contributed by atoms with Crippen molar-refractivity contribution in [1.29, 1.82) is 0 Å². The van der Waals surface area contributed by atoms with Gasteiger partial charge in [-0.15, -0.1) is 0 Å². The average Bonchev–Trinajstić information content (AvgIpc) is 3.71. The van der Waals surface area contributed by atoms with Gasteiger partial charge in [0.1, 0.15) is 11.6 Å². The molecule has 0 radical (unpaired) electrons. The number of methoxy groups -OCH3 is 1. The molecule has 0 spiro atoms. The zero-order valence-corrected chi connectivity index (χ0v) is 23.8. The van der Waals surface area contributed by atoms with Crippen LogP contribution in [0.15, 0.2) is 30.3 Å². The molecule has 2 aromatic carbocycles. The molecule has 1 saturated heterocycles. The van der Waals surface area contributed by atoms with Crippen molar-refractivity contribution in [3.05, 3.63) is 62.9 Å². The minimum Gasteiger partial charge on any atom is -0.493 e. The van der Waals surface area contributed by atoms with Crippen LogP contribution in [-0.4, -0.2) is 58.4 Å². The Morgan fingerprint density at radius 3 is 2.34 bits per heavy atom. The number of hydrogen-bond acceptors (Lipinski definition) is 6. The maximum Gasteiger partial charge on any atom is 0.267 e. The third kappa shape index (κ3) is 7.39. The molecule has 2 fully saturated rings. The van der Waals surface area contributed by atoms with E-state index in [-0.39, 0.29) is 29.2 Å². The lowest BCUT2D eigenvalue weighted by Crippen LogP contribution is -2.39. The van der Waals surface area contributed by atoms with Gasteiger partial charge >= 0.3 is 0 Å². The van der Waals surface area contributed by atoms with E-state index in [0.29, 0.717) is 29.0 Å². The molecule has 0 bridgehead atoms. The summed E-state index contributed by atoms with van der Waals surface area (Å²) in [5, 5.41) is 1.18. The standard InChI is InChI=1S/C27H33Cl2FN2O5S/c1-3-38(34,35)31-27(33)23-13-22(18-4-5-18)26(14-24(23)30)37-15-17-6-8-32(9-7-17)25(16-36-2)19-10-20(28)12-21(29)11-19/h10-14,17-18,25H,3-9,15-16H2,1-2H3,(H,31,33). The van der Waals surface area contributed by atoms with Crippen LogP contribution >= 0.6 is 23.2 Å². The van der Waals surface area contributed by atoms with Crippen molar-refractivity contribution < 1.29 is 27.1 Å². The number of sulfonamides is 1. The molecule has 1 amide bonds. The predicted octanol–water partition coefficient (Wildman–Crippen LogP) is 5.57. The number of benzene rings is 2. The number of piperidine rings is 1. The molecule has 1 N–H and O–H groups in total. The molecule has 1 aliphatic carbocycles. The first-order chi connectivity index (χ1) is 18.1. The number of halogens is 3. The van der Waals surface area contributed by atoms with E-state index in [1.807, 2.05) is 16.9 Å². The third-order valence-electron chi connectivity index (χ3n) is 7.15. The summed E-state index contributed by atoms with van der Waals surface area (Å²) in [5.74, 6) is -1.14. The lowest BCUT2D eigenvalue weighted by molar-refractivity contribution is 0.0556. The highest BCUT2D eigenvalue weighted by molar-refractivity contribution is 7.90. The Morgan fingerprint density at radius 1 is 1.11 bits per heavy atom. The van der Waals surface area contributed by atoms with Crippen LogP contribution in [0.4, 0.5) is 4.39 Å². The summed E-state index contributed by atoms with van der Waals surface area (Å²) in [4.78, 5) is 14.8. The highest BCUT2D eigenvalue weighted by Crippen LogP contribution is 2.45. The van der Waals surface area contributed by atoms with Crippen LogP contribution < -0.4 is 9.46 Å². The number of nitrogens with one attached hydrogen (secondary N) is 1. The van der Waals surface area contributed by atoms with Crippen molar-refractivity contribution in [1.82, 2.24) is 9.62 Å². The fourth-order valence-electron chi connectivity index (χ4n) is 4.83. The molecule has 7 nitrogen and oxygen atoms in total. The summed E-state index contributed by atoms with van der Waals surface area (Å²) < 4.78 is 51.9. The minimum atomic E-state index is -3.80. The number of ether oxygens (including phenoxy) is 2. The molecule has 2 aromatic rings. The first kappa shape index (κ1) is 29.1. The number of carbonyl (C=O) groups is 1. The molecule has 11 heteroatoms. The van der Waals surface area contributed by atoms with Gasteiger partial charge in [0.25, 0.3) is 5.91 Å². The summed E-state index contributed by atoms with van der Waals surface area (Å²) in [6.45, 7) is 4.03. The van der Waals surface area contributed by atoms with E-state index in [4.69, 9.17) is 32.7 Å². The van der Waals surface area contributed by atoms with Crippen LogP contribution in [0.25, 0.3) is 0 Å². The Bertz CT molecular complexity index is 1240. The van der Waals surface area contributed by atoms with Crippen molar-refractivity contribution in [2.45, 2.75) is 44.6 Å². The summed E-state index contributed by atoms with van der Waals surface area (Å²) in [6, 6.07) is 8.24. The Kier molecular flexibility index (Phi) is 9.58. The van der Waals surface area contributed by atoms with E-state index in [2.05, 4.69) is 4.90 Å². The average molecular weight is 588 g/mol. The lowest BCUT2D eigenvalue weighted by Gasteiger charge is -2.37. The highest BCUT2D eigenvalue weighted by atomic mass is 35.5. The Morgan fingerprint density at radius 2 is 1.76 bits per heavy atom. The lowest BCUT2D eigenvalue weighted by atomic mass is 9.95. The van der Waals surface area contributed by atoms with Crippen LogP contribution in [0.3, 0.4) is 0 Å². The van der Waals surface area contributed by atoms with Gasteiger partial charge < -0.3 is 9.47 Å². The van der Waals surface area contributed by atoms with Gasteiger partial charge in [-0.2, -0.15) is 0 Å². The number of nitrogens with zero attached hydrogens (tertiary/aromatic N) is 1. The summed E-state index contributed by atoms with van der Waals surface area (Å²) in [5.41, 5.74) is 1.48.